The lowest BCUT2D eigenvalue weighted by Crippen LogP contribution is -2.40. The van der Waals surface area contributed by atoms with Crippen LogP contribution in [0.4, 0.5) is 11.5 Å². The number of hydrogen-bond acceptors (Lipinski definition) is 5. The number of aryl methyl sites for hydroxylation is 1. The van der Waals surface area contributed by atoms with E-state index in [-0.39, 0.29) is 23.8 Å². The molecule has 0 aromatic carbocycles. The van der Waals surface area contributed by atoms with Gasteiger partial charge in [0.15, 0.2) is 5.82 Å². The summed E-state index contributed by atoms with van der Waals surface area (Å²) in [4.78, 5) is 21.7. The molecule has 19 heavy (non-hydrogen) atoms. The summed E-state index contributed by atoms with van der Waals surface area (Å²) in [7, 11) is 0. The minimum Gasteiger partial charge on any atom is -0.394 e. The third kappa shape index (κ3) is 4.24. The molecule has 1 rings (SSSR count). The molecule has 7 heteroatoms. The largest absolute Gasteiger partial charge is 0.394 e. The molecule has 0 aliphatic carbocycles. The van der Waals surface area contributed by atoms with Crippen molar-refractivity contribution in [3.8, 4) is 0 Å². The highest BCUT2D eigenvalue weighted by Gasteiger charge is 2.17. The first-order valence-electron chi connectivity index (χ1n) is 6.19. The Morgan fingerprint density at radius 3 is 2.63 bits per heavy atom. The number of amides is 1. The van der Waals surface area contributed by atoms with E-state index < -0.39 is 0 Å². The Labute approximate surface area is 118 Å². The van der Waals surface area contributed by atoms with E-state index in [0.29, 0.717) is 23.7 Å². The van der Waals surface area contributed by atoms with Gasteiger partial charge in [-0.1, -0.05) is 0 Å². The van der Waals surface area contributed by atoms with Gasteiger partial charge >= 0.3 is 0 Å². The fraction of sp³-hybridized carbons (Fsp3) is 0.583. The minimum absolute atomic E-state index is 0.0800. The third-order valence-corrected chi connectivity index (χ3v) is 2.72. The molecule has 1 amide bonds. The van der Waals surface area contributed by atoms with Crippen LogP contribution in [0.25, 0.3) is 0 Å². The number of hydrogen-bond donors (Lipinski definition) is 2. The summed E-state index contributed by atoms with van der Waals surface area (Å²) in [5.74, 6) is 0.419. The maximum absolute atomic E-state index is 11.8. The lowest BCUT2D eigenvalue weighted by molar-refractivity contribution is -0.120. The summed E-state index contributed by atoms with van der Waals surface area (Å²) in [5, 5.41) is 2.96. The van der Waals surface area contributed by atoms with Crippen LogP contribution in [0.1, 0.15) is 26.5 Å². The number of nitrogens with one attached hydrogen (secondary N) is 1. The Balaban J connectivity index is 2.94. The second-order valence-electron chi connectivity index (χ2n) is 4.55. The first-order valence-corrected chi connectivity index (χ1v) is 6.56. The molecular formula is C12H20ClN5O. The van der Waals surface area contributed by atoms with Crippen LogP contribution in [0.2, 0.25) is 5.28 Å². The maximum atomic E-state index is 11.8. The number of halogens is 1. The predicted molar refractivity (Wildman–Crippen MR) is 77.4 cm³/mol. The van der Waals surface area contributed by atoms with Crippen LogP contribution < -0.4 is 16.0 Å². The van der Waals surface area contributed by atoms with Gasteiger partial charge in [0, 0.05) is 12.6 Å². The van der Waals surface area contributed by atoms with E-state index in [2.05, 4.69) is 15.3 Å². The monoisotopic (exact) mass is 285 g/mol. The second kappa shape index (κ2) is 6.56. The Bertz CT molecular complexity index is 464. The van der Waals surface area contributed by atoms with E-state index in [1.807, 2.05) is 20.8 Å². The van der Waals surface area contributed by atoms with Crippen LogP contribution in [0.5, 0.6) is 0 Å². The minimum atomic E-state index is -0.0800. The summed E-state index contributed by atoms with van der Waals surface area (Å²) in [5.41, 5.74) is 7.00. The van der Waals surface area contributed by atoms with E-state index in [1.165, 1.54) is 0 Å². The normalized spacial score (nSPS) is 10.6. The van der Waals surface area contributed by atoms with Crippen molar-refractivity contribution < 1.29 is 4.79 Å². The van der Waals surface area contributed by atoms with Crippen LogP contribution >= 0.6 is 11.6 Å². The van der Waals surface area contributed by atoms with Gasteiger partial charge in [0.2, 0.25) is 11.2 Å². The van der Waals surface area contributed by atoms with E-state index >= 15 is 0 Å². The van der Waals surface area contributed by atoms with Crippen LogP contribution in [0, 0.1) is 6.92 Å². The highest BCUT2D eigenvalue weighted by Crippen LogP contribution is 2.24. The number of aromatic nitrogens is 2. The van der Waals surface area contributed by atoms with Gasteiger partial charge in [-0.25, -0.2) is 4.98 Å². The van der Waals surface area contributed by atoms with Gasteiger partial charge in [0.1, 0.15) is 0 Å². The number of carbonyl (C=O) groups is 1. The number of nitrogen functional groups attached to an aromatic ring is 1. The number of likely N-dealkylation sites (N-methyl/N-ethyl adjacent to an activating group) is 1. The van der Waals surface area contributed by atoms with Crippen molar-refractivity contribution in [1.82, 2.24) is 15.3 Å². The first-order chi connectivity index (χ1) is 8.85. The molecule has 1 aromatic rings. The van der Waals surface area contributed by atoms with Crippen molar-refractivity contribution in [3.63, 3.8) is 0 Å². The number of nitrogens with zero attached hydrogens (tertiary/aromatic N) is 3. The van der Waals surface area contributed by atoms with Crippen molar-refractivity contribution in [2.45, 2.75) is 33.7 Å². The molecule has 3 N–H and O–H groups in total. The first kappa shape index (κ1) is 15.5. The maximum Gasteiger partial charge on any atom is 0.239 e. The number of nitrogens with two attached hydrogens (primary N) is 1. The van der Waals surface area contributed by atoms with E-state index in [9.17, 15) is 4.79 Å². The van der Waals surface area contributed by atoms with Crippen molar-refractivity contribution in [2.75, 3.05) is 23.7 Å². The fourth-order valence-corrected chi connectivity index (χ4v) is 1.86. The molecule has 0 bridgehead atoms. The van der Waals surface area contributed by atoms with Gasteiger partial charge in [0.25, 0.3) is 0 Å². The standard InChI is InChI=1S/C12H20ClN5O/c1-5-18(6-9(19)15-7(2)3)11-10(14)8(4)16-12(13)17-11/h7H,5-6,14H2,1-4H3,(H,15,19). The van der Waals surface area contributed by atoms with Gasteiger partial charge in [0.05, 0.1) is 17.9 Å². The van der Waals surface area contributed by atoms with E-state index in [0.717, 1.165) is 0 Å². The van der Waals surface area contributed by atoms with E-state index in [1.54, 1.807) is 11.8 Å². The van der Waals surface area contributed by atoms with Crippen molar-refractivity contribution in [1.29, 1.82) is 0 Å². The Hall–Kier alpha value is -1.56. The molecule has 0 saturated carbocycles. The van der Waals surface area contributed by atoms with E-state index in [4.69, 9.17) is 17.3 Å². The van der Waals surface area contributed by atoms with Crippen molar-refractivity contribution in [3.05, 3.63) is 11.0 Å². The van der Waals surface area contributed by atoms with Crippen LogP contribution in [0.3, 0.4) is 0 Å². The summed E-state index contributed by atoms with van der Waals surface area (Å²) in [6.45, 7) is 8.29. The summed E-state index contributed by atoms with van der Waals surface area (Å²) >= 11 is 5.84. The van der Waals surface area contributed by atoms with Gasteiger partial charge in [-0.3, -0.25) is 4.79 Å². The average Bonchev–Trinajstić information content (AvgIpc) is 2.30. The van der Waals surface area contributed by atoms with Crippen molar-refractivity contribution in [2.24, 2.45) is 0 Å². The van der Waals surface area contributed by atoms with Gasteiger partial charge in [-0.15, -0.1) is 0 Å². The summed E-state index contributed by atoms with van der Waals surface area (Å²) < 4.78 is 0. The molecule has 0 aliphatic heterocycles. The molecule has 0 atom stereocenters. The highest BCUT2D eigenvalue weighted by atomic mass is 35.5. The molecule has 0 radical (unpaired) electrons. The zero-order valence-corrected chi connectivity index (χ0v) is 12.5. The summed E-state index contributed by atoms with van der Waals surface area (Å²) in [6, 6.07) is 0.0966. The SMILES string of the molecule is CCN(CC(=O)NC(C)C)c1nc(Cl)nc(C)c1N. The number of rotatable bonds is 5. The molecule has 0 unspecified atom stereocenters. The zero-order chi connectivity index (χ0) is 14.6. The third-order valence-electron chi connectivity index (χ3n) is 2.55. The molecule has 1 aromatic heterocycles. The molecule has 0 aliphatic rings. The lowest BCUT2D eigenvalue weighted by Gasteiger charge is -2.23. The van der Waals surface area contributed by atoms with Crippen LogP contribution in [-0.4, -0.2) is 35.0 Å². The molecule has 6 nitrogen and oxygen atoms in total. The Morgan fingerprint density at radius 1 is 1.47 bits per heavy atom. The van der Waals surface area contributed by atoms with Gasteiger partial charge < -0.3 is 16.0 Å². The van der Waals surface area contributed by atoms with Crippen molar-refractivity contribution >= 4 is 29.0 Å². The smallest absolute Gasteiger partial charge is 0.239 e. The molecule has 0 spiro atoms. The fourth-order valence-electron chi connectivity index (χ4n) is 1.65. The van der Waals surface area contributed by atoms with Gasteiger partial charge in [-0.05, 0) is 39.3 Å². The molecule has 0 fully saturated rings. The number of anilines is 2. The van der Waals surface area contributed by atoms with Crippen LogP contribution in [-0.2, 0) is 4.79 Å². The molecule has 106 valence electrons. The summed E-state index contributed by atoms with van der Waals surface area (Å²) in [6.07, 6.45) is 0. The molecule has 1 heterocycles. The molecule has 0 saturated heterocycles. The number of carbonyl (C=O) groups excluding carboxylic acids is 1. The van der Waals surface area contributed by atoms with Gasteiger partial charge in [-0.2, -0.15) is 4.98 Å². The zero-order valence-electron chi connectivity index (χ0n) is 11.7. The predicted octanol–water partition coefficient (Wildman–Crippen LogP) is 1.37. The lowest BCUT2D eigenvalue weighted by atomic mass is 10.3. The quantitative estimate of drug-likeness (QED) is 0.798. The Morgan fingerprint density at radius 2 is 2.11 bits per heavy atom. The molecular weight excluding hydrogens is 266 g/mol. The topological polar surface area (TPSA) is 84.1 Å². The van der Waals surface area contributed by atoms with Crippen LogP contribution in [0.15, 0.2) is 0 Å². The highest BCUT2D eigenvalue weighted by molar-refractivity contribution is 6.28. The average molecular weight is 286 g/mol. The Kier molecular flexibility index (Phi) is 5.35. The second-order valence-corrected chi connectivity index (χ2v) is 4.89.